The first-order chi connectivity index (χ1) is 19.1. The third-order valence-electron chi connectivity index (χ3n) is 8.08. The monoisotopic (exact) mass is 571 g/mol. The van der Waals surface area contributed by atoms with Crippen molar-refractivity contribution in [3.63, 3.8) is 0 Å². The number of nitrogens with one attached hydrogen (secondary N) is 3. The Bertz CT molecular complexity index is 1490. The van der Waals surface area contributed by atoms with E-state index in [0.29, 0.717) is 68.6 Å². The van der Waals surface area contributed by atoms with Crippen molar-refractivity contribution in [1.29, 1.82) is 0 Å². The minimum absolute atomic E-state index is 0.297. The Morgan fingerprint density at radius 3 is 2.80 bits per heavy atom. The van der Waals surface area contributed by atoms with Gasteiger partial charge in [0, 0.05) is 36.7 Å². The summed E-state index contributed by atoms with van der Waals surface area (Å²) in [6.07, 6.45) is 2.91. The number of sulfonamides is 1. The van der Waals surface area contributed by atoms with E-state index in [4.69, 9.17) is 19.2 Å². The molecule has 4 aliphatic rings. The number of amides is 2. The summed E-state index contributed by atoms with van der Waals surface area (Å²) < 4.78 is 44.6. The lowest BCUT2D eigenvalue weighted by atomic mass is 10.1. The van der Waals surface area contributed by atoms with Gasteiger partial charge in [-0.15, -0.1) is 6.58 Å². The lowest BCUT2D eigenvalue weighted by molar-refractivity contribution is -0.130. The maximum atomic E-state index is 13.2. The van der Waals surface area contributed by atoms with Crippen molar-refractivity contribution in [1.82, 2.24) is 20.3 Å². The summed E-state index contributed by atoms with van der Waals surface area (Å²) >= 11 is 0. The average molecular weight is 572 g/mol. The van der Waals surface area contributed by atoms with E-state index < -0.39 is 38.7 Å². The van der Waals surface area contributed by atoms with Crippen molar-refractivity contribution >= 4 is 38.4 Å². The molecule has 6 rings (SSSR count). The highest BCUT2D eigenvalue weighted by Crippen LogP contribution is 2.45. The Balaban J connectivity index is 1.17. The molecule has 3 N–H and O–H groups in total. The zero-order valence-electron chi connectivity index (χ0n) is 22.4. The summed E-state index contributed by atoms with van der Waals surface area (Å²) in [7, 11) is -0.194. The van der Waals surface area contributed by atoms with E-state index >= 15 is 0 Å². The Morgan fingerprint density at radius 2 is 2.10 bits per heavy atom. The first-order valence-electron chi connectivity index (χ1n) is 13.4. The van der Waals surface area contributed by atoms with Crippen LogP contribution in [0, 0.1) is 5.92 Å². The van der Waals surface area contributed by atoms with Gasteiger partial charge in [0.1, 0.15) is 24.0 Å². The number of ether oxygens (including phenoxy) is 3. The van der Waals surface area contributed by atoms with Crippen molar-refractivity contribution in [2.75, 3.05) is 38.8 Å². The molecule has 2 aliphatic heterocycles. The normalized spacial score (nSPS) is 27.4. The van der Waals surface area contributed by atoms with Crippen LogP contribution in [0.2, 0.25) is 0 Å². The van der Waals surface area contributed by atoms with Crippen molar-refractivity contribution in [3.8, 4) is 17.4 Å². The van der Waals surface area contributed by atoms with Crippen LogP contribution in [0.3, 0.4) is 0 Å². The maximum absolute atomic E-state index is 13.2. The fraction of sp³-hybridized carbons (Fsp3) is 0.519. The van der Waals surface area contributed by atoms with Crippen molar-refractivity contribution in [2.45, 2.75) is 48.6 Å². The Morgan fingerprint density at radius 1 is 1.30 bits per heavy atom. The predicted octanol–water partition coefficient (Wildman–Crippen LogP) is 0.851. The molecule has 40 heavy (non-hydrogen) atoms. The SMILES string of the molecule is C=C[C@@H]1C[C@]1(NC(=O)[C@@H]1CC(Oc2nc3c(c4cc(OC)ccc24)OCCN3C)CN1)C(=O)NS(=O)(=O)C1CC1. The fourth-order valence-electron chi connectivity index (χ4n) is 5.41. The molecule has 3 fully saturated rings. The van der Waals surface area contributed by atoms with Gasteiger partial charge in [-0.2, -0.15) is 4.98 Å². The molecule has 3 heterocycles. The molecule has 2 aliphatic carbocycles. The number of benzene rings is 1. The van der Waals surface area contributed by atoms with Gasteiger partial charge in [-0.3, -0.25) is 14.3 Å². The number of anilines is 1. The number of methoxy groups -OCH3 is 1. The summed E-state index contributed by atoms with van der Waals surface area (Å²) in [5.74, 6) is 0.998. The molecule has 0 spiro atoms. The van der Waals surface area contributed by atoms with E-state index in [9.17, 15) is 18.0 Å². The third kappa shape index (κ3) is 4.70. The van der Waals surface area contributed by atoms with Crippen LogP contribution in [0.5, 0.6) is 17.4 Å². The van der Waals surface area contributed by atoms with Gasteiger partial charge in [-0.05, 0) is 37.5 Å². The topological polar surface area (TPSA) is 148 Å². The standard InChI is InChI=1S/C27H33N5O7S/c1-4-15-13-27(15,26(34)31-40(35,36)18-6-7-18)30-24(33)21-12-17(14-28-21)39-25-19-8-5-16(37-3)11-20(19)22-23(29-25)32(2)9-10-38-22/h4-5,8,11,15,17-18,21,28H,1,6-7,9-10,12-14H2,2-3H3,(H,30,33)(H,31,34)/t15-,17?,21+,27-/m1/s1. The number of fused-ring (bicyclic) bond motifs is 3. The summed E-state index contributed by atoms with van der Waals surface area (Å²) in [4.78, 5) is 33.0. The number of likely N-dealkylation sites (N-methyl/N-ethyl adjacent to an activating group) is 1. The number of carbonyl (C=O) groups is 2. The lowest BCUT2D eigenvalue weighted by Gasteiger charge is -2.28. The van der Waals surface area contributed by atoms with Gasteiger partial charge in [-0.25, -0.2) is 8.42 Å². The number of rotatable bonds is 9. The summed E-state index contributed by atoms with van der Waals surface area (Å²) in [6.45, 7) is 5.35. The van der Waals surface area contributed by atoms with Crippen LogP contribution >= 0.6 is 0 Å². The Hall–Kier alpha value is -3.58. The average Bonchev–Trinajstić information content (AvgIpc) is 3.86. The van der Waals surface area contributed by atoms with Crippen molar-refractivity contribution in [2.24, 2.45) is 5.92 Å². The number of hydrogen-bond acceptors (Lipinski definition) is 10. The minimum Gasteiger partial charge on any atom is -0.497 e. The molecule has 214 valence electrons. The molecule has 1 saturated heterocycles. The predicted molar refractivity (Wildman–Crippen MR) is 147 cm³/mol. The van der Waals surface area contributed by atoms with Crippen LogP contribution in [-0.4, -0.2) is 82.0 Å². The summed E-state index contributed by atoms with van der Waals surface area (Å²) in [5.41, 5.74) is -1.32. The van der Waals surface area contributed by atoms with Crippen LogP contribution in [-0.2, 0) is 19.6 Å². The second-order valence-corrected chi connectivity index (χ2v) is 12.8. The van der Waals surface area contributed by atoms with Crippen molar-refractivity contribution < 1.29 is 32.2 Å². The molecular weight excluding hydrogens is 538 g/mol. The zero-order chi connectivity index (χ0) is 28.2. The van der Waals surface area contributed by atoms with Gasteiger partial charge in [-0.1, -0.05) is 6.08 Å². The second kappa shape index (κ2) is 9.81. The molecule has 13 heteroatoms. The molecule has 1 unspecified atom stereocenters. The first kappa shape index (κ1) is 26.6. The van der Waals surface area contributed by atoms with Crippen LogP contribution in [0.4, 0.5) is 5.82 Å². The minimum atomic E-state index is -3.74. The second-order valence-electron chi connectivity index (χ2n) is 10.9. The summed E-state index contributed by atoms with van der Waals surface area (Å²) in [5, 5.41) is 7.02. The molecule has 2 saturated carbocycles. The Labute approximate surface area is 232 Å². The largest absolute Gasteiger partial charge is 0.497 e. The van der Waals surface area contributed by atoms with E-state index in [2.05, 4.69) is 21.9 Å². The smallest absolute Gasteiger partial charge is 0.259 e. The van der Waals surface area contributed by atoms with E-state index in [0.717, 1.165) is 10.8 Å². The molecular formula is C27H33N5O7S. The van der Waals surface area contributed by atoms with Gasteiger partial charge < -0.3 is 29.7 Å². The molecule has 0 radical (unpaired) electrons. The van der Waals surface area contributed by atoms with E-state index in [1.165, 1.54) is 0 Å². The van der Waals surface area contributed by atoms with E-state index in [1.807, 2.05) is 30.1 Å². The molecule has 1 aromatic heterocycles. The number of pyridine rings is 1. The van der Waals surface area contributed by atoms with E-state index in [1.54, 1.807) is 13.2 Å². The molecule has 2 amide bonds. The first-order valence-corrected chi connectivity index (χ1v) is 15.0. The van der Waals surface area contributed by atoms with Crippen LogP contribution in [0.1, 0.15) is 25.7 Å². The van der Waals surface area contributed by atoms with Gasteiger partial charge in [0.2, 0.25) is 21.8 Å². The summed E-state index contributed by atoms with van der Waals surface area (Å²) in [6, 6.07) is 4.97. The molecule has 0 bridgehead atoms. The van der Waals surface area contributed by atoms with Gasteiger partial charge >= 0.3 is 0 Å². The molecule has 4 atom stereocenters. The molecule has 1 aromatic carbocycles. The third-order valence-corrected chi connectivity index (χ3v) is 9.90. The molecule has 2 aromatic rings. The van der Waals surface area contributed by atoms with Gasteiger partial charge in [0.25, 0.3) is 5.91 Å². The lowest BCUT2D eigenvalue weighted by Crippen LogP contribution is -2.55. The number of nitrogens with zero attached hydrogens (tertiary/aromatic N) is 2. The Kier molecular flexibility index (Phi) is 6.53. The number of hydrogen-bond donors (Lipinski definition) is 3. The van der Waals surface area contributed by atoms with Crippen LogP contribution in [0.15, 0.2) is 30.9 Å². The maximum Gasteiger partial charge on any atom is 0.259 e. The highest BCUT2D eigenvalue weighted by atomic mass is 32.2. The quantitative estimate of drug-likeness (QED) is 0.370. The van der Waals surface area contributed by atoms with Crippen molar-refractivity contribution in [3.05, 3.63) is 30.9 Å². The number of aromatic nitrogens is 1. The highest BCUT2D eigenvalue weighted by molar-refractivity contribution is 7.91. The van der Waals surface area contributed by atoms with Crippen LogP contribution in [0.25, 0.3) is 10.8 Å². The van der Waals surface area contributed by atoms with Gasteiger partial charge in [0.05, 0.1) is 24.9 Å². The van der Waals surface area contributed by atoms with Gasteiger partial charge in [0.15, 0.2) is 11.6 Å². The fourth-order valence-corrected chi connectivity index (χ4v) is 6.77. The van der Waals surface area contributed by atoms with Crippen LogP contribution < -0.4 is 34.5 Å². The van der Waals surface area contributed by atoms with E-state index in [-0.39, 0.29) is 12.0 Å². The zero-order valence-corrected chi connectivity index (χ0v) is 23.3. The molecule has 12 nitrogen and oxygen atoms in total. The number of carbonyl (C=O) groups excluding carboxylic acids is 2. The highest BCUT2D eigenvalue weighted by Gasteiger charge is 2.61.